The minimum Gasteiger partial charge on any atom is -0.481 e. The van der Waals surface area contributed by atoms with E-state index in [1.165, 1.54) is 0 Å². The number of halogens is 1. The number of nitrogens with zero attached hydrogens (tertiary/aromatic N) is 1. The molecule has 0 saturated carbocycles. The number of hydrogen-bond acceptors (Lipinski definition) is 3. The van der Waals surface area contributed by atoms with Crippen LogP contribution in [0.15, 0.2) is 53.6 Å². The predicted molar refractivity (Wildman–Crippen MR) is 86.7 cm³/mol. The highest BCUT2D eigenvalue weighted by Gasteiger charge is 1.93. The Kier molecular flexibility index (Phi) is 5.69. The third-order valence-electron chi connectivity index (χ3n) is 2.70. The highest BCUT2D eigenvalue weighted by atomic mass is 35.5. The molecule has 3 nitrogen and oxygen atoms in total. The van der Waals surface area contributed by atoms with Crippen molar-refractivity contribution in [3.63, 3.8) is 0 Å². The highest BCUT2D eigenvalue weighted by molar-refractivity contribution is 6.30. The molecule has 4 heteroatoms. The minimum absolute atomic E-state index is 0.274. The lowest BCUT2D eigenvalue weighted by Gasteiger charge is -2.02. The molecular weight excluding hydrogens is 284 g/mol. The van der Waals surface area contributed by atoms with Crippen molar-refractivity contribution >= 4 is 17.8 Å². The maximum atomic E-state index is 5.83. The molecule has 2 aromatic carbocycles. The van der Waals surface area contributed by atoms with E-state index in [0.29, 0.717) is 6.54 Å². The van der Waals surface area contributed by atoms with Gasteiger partial charge in [0.2, 0.25) is 0 Å². The first-order valence-electron chi connectivity index (χ1n) is 6.44. The Morgan fingerprint density at radius 3 is 2.52 bits per heavy atom. The van der Waals surface area contributed by atoms with Crippen molar-refractivity contribution in [2.45, 2.75) is 6.54 Å². The molecule has 0 spiro atoms. The van der Waals surface area contributed by atoms with Gasteiger partial charge in [-0.2, -0.15) is 5.10 Å². The first-order valence-corrected chi connectivity index (χ1v) is 6.82. The summed E-state index contributed by atoms with van der Waals surface area (Å²) >= 11 is 5.83. The van der Waals surface area contributed by atoms with Crippen LogP contribution in [0.5, 0.6) is 5.75 Å². The molecule has 0 amide bonds. The molecule has 2 rings (SSSR count). The zero-order valence-electron chi connectivity index (χ0n) is 11.4. The molecule has 0 aliphatic carbocycles. The maximum absolute atomic E-state index is 5.83. The van der Waals surface area contributed by atoms with Gasteiger partial charge in [-0.1, -0.05) is 29.7 Å². The Hall–Kier alpha value is -2.44. The van der Waals surface area contributed by atoms with Gasteiger partial charge >= 0.3 is 0 Å². The zero-order valence-corrected chi connectivity index (χ0v) is 12.2. The standard InChI is InChI=1S/C17H15ClN2O/c1-2-11-21-17-9-5-15(6-10-17)13-20-19-12-14-3-7-16(18)8-4-14/h1,3-10,13,19H,11-12H2/b20-13-. The molecule has 106 valence electrons. The fourth-order valence-corrected chi connectivity index (χ4v) is 1.76. The smallest absolute Gasteiger partial charge is 0.148 e. The van der Waals surface area contributed by atoms with Crippen molar-refractivity contribution in [2.75, 3.05) is 6.61 Å². The van der Waals surface area contributed by atoms with E-state index in [1.807, 2.05) is 48.5 Å². The Balaban J connectivity index is 1.81. The van der Waals surface area contributed by atoms with Crippen molar-refractivity contribution in [3.8, 4) is 18.1 Å². The van der Waals surface area contributed by atoms with Crippen molar-refractivity contribution in [1.29, 1.82) is 0 Å². The first-order chi connectivity index (χ1) is 10.3. The number of nitrogens with one attached hydrogen (secondary N) is 1. The number of hydrazone groups is 1. The molecule has 1 N–H and O–H groups in total. The summed E-state index contributed by atoms with van der Waals surface area (Å²) in [5.41, 5.74) is 5.09. The van der Waals surface area contributed by atoms with E-state index < -0.39 is 0 Å². The molecule has 0 atom stereocenters. The van der Waals surface area contributed by atoms with Gasteiger partial charge in [-0.15, -0.1) is 6.42 Å². The second-order valence-electron chi connectivity index (χ2n) is 4.28. The molecule has 0 fully saturated rings. The van der Waals surface area contributed by atoms with Crippen molar-refractivity contribution in [2.24, 2.45) is 5.10 Å². The molecular formula is C17H15ClN2O. The summed E-state index contributed by atoms with van der Waals surface area (Å²) in [6.45, 7) is 0.924. The van der Waals surface area contributed by atoms with E-state index in [-0.39, 0.29) is 6.61 Å². The summed E-state index contributed by atoms with van der Waals surface area (Å²) in [7, 11) is 0. The molecule has 0 heterocycles. The van der Waals surface area contributed by atoms with Gasteiger partial charge in [-0.25, -0.2) is 0 Å². The monoisotopic (exact) mass is 298 g/mol. The van der Waals surface area contributed by atoms with Gasteiger partial charge in [0.05, 0.1) is 12.8 Å². The molecule has 0 aliphatic rings. The highest BCUT2D eigenvalue weighted by Crippen LogP contribution is 2.11. The molecule has 0 aliphatic heterocycles. The second-order valence-corrected chi connectivity index (χ2v) is 4.72. The maximum Gasteiger partial charge on any atom is 0.148 e. The van der Waals surface area contributed by atoms with Crippen LogP contribution in [0, 0.1) is 12.3 Å². The molecule has 21 heavy (non-hydrogen) atoms. The van der Waals surface area contributed by atoms with E-state index in [9.17, 15) is 0 Å². The van der Waals surface area contributed by atoms with Crippen molar-refractivity contribution < 1.29 is 4.74 Å². The van der Waals surface area contributed by atoms with E-state index >= 15 is 0 Å². The van der Waals surface area contributed by atoms with Crippen LogP contribution in [0.2, 0.25) is 5.02 Å². The average Bonchev–Trinajstić information content (AvgIpc) is 2.52. The summed E-state index contributed by atoms with van der Waals surface area (Å²) in [5, 5.41) is 4.90. The predicted octanol–water partition coefficient (Wildman–Crippen LogP) is 3.48. The van der Waals surface area contributed by atoms with Gasteiger partial charge in [-0.05, 0) is 47.5 Å². The second kappa shape index (κ2) is 7.98. The van der Waals surface area contributed by atoms with E-state index in [4.69, 9.17) is 22.8 Å². The quantitative estimate of drug-likeness (QED) is 0.503. The molecule has 0 saturated heterocycles. The van der Waals surface area contributed by atoms with Gasteiger partial charge in [0.15, 0.2) is 0 Å². The molecule has 0 radical (unpaired) electrons. The van der Waals surface area contributed by atoms with Gasteiger partial charge in [0, 0.05) is 5.02 Å². The van der Waals surface area contributed by atoms with Crippen molar-refractivity contribution in [3.05, 3.63) is 64.7 Å². The number of benzene rings is 2. The summed E-state index contributed by atoms with van der Waals surface area (Å²) < 4.78 is 5.30. The lowest BCUT2D eigenvalue weighted by atomic mass is 10.2. The van der Waals surface area contributed by atoms with Crippen LogP contribution in [-0.4, -0.2) is 12.8 Å². The number of ether oxygens (including phenoxy) is 1. The van der Waals surface area contributed by atoms with E-state index in [1.54, 1.807) is 6.21 Å². The molecule has 0 aromatic heterocycles. The molecule has 0 unspecified atom stereocenters. The SMILES string of the molecule is C#CCOc1ccc(/C=N\NCc2ccc(Cl)cc2)cc1. The first kappa shape index (κ1) is 15.0. The topological polar surface area (TPSA) is 33.6 Å². The Morgan fingerprint density at radius 1 is 1.14 bits per heavy atom. The number of terminal acetylenes is 1. The van der Waals surface area contributed by atoms with Crippen LogP contribution < -0.4 is 10.2 Å². The van der Waals surface area contributed by atoms with Gasteiger partial charge < -0.3 is 10.2 Å². The zero-order chi connectivity index (χ0) is 14.9. The fraction of sp³-hybridized carbons (Fsp3) is 0.118. The summed E-state index contributed by atoms with van der Waals surface area (Å²) in [6, 6.07) is 15.2. The third-order valence-corrected chi connectivity index (χ3v) is 2.96. The van der Waals surface area contributed by atoms with Crippen LogP contribution in [0.25, 0.3) is 0 Å². The average molecular weight is 299 g/mol. The Labute approximate surface area is 129 Å². The summed E-state index contributed by atoms with van der Waals surface area (Å²) in [4.78, 5) is 0. The van der Waals surface area contributed by atoms with Crippen LogP contribution >= 0.6 is 11.6 Å². The van der Waals surface area contributed by atoms with Crippen LogP contribution in [0.1, 0.15) is 11.1 Å². The summed E-state index contributed by atoms with van der Waals surface area (Å²) in [6.07, 6.45) is 6.88. The number of hydrogen-bond donors (Lipinski definition) is 1. The Bertz CT molecular complexity index is 627. The van der Waals surface area contributed by atoms with E-state index in [2.05, 4.69) is 16.4 Å². The lowest BCUT2D eigenvalue weighted by molar-refractivity contribution is 0.370. The van der Waals surface area contributed by atoms with Gasteiger partial charge in [0.25, 0.3) is 0 Å². The Morgan fingerprint density at radius 2 is 1.86 bits per heavy atom. The largest absolute Gasteiger partial charge is 0.481 e. The third kappa shape index (κ3) is 5.21. The minimum atomic E-state index is 0.274. The normalized spacial score (nSPS) is 10.3. The van der Waals surface area contributed by atoms with Crippen LogP contribution in [-0.2, 0) is 6.54 Å². The number of rotatable bonds is 6. The van der Waals surface area contributed by atoms with E-state index in [0.717, 1.165) is 21.9 Å². The van der Waals surface area contributed by atoms with Gasteiger partial charge in [0.1, 0.15) is 12.4 Å². The molecule has 0 bridgehead atoms. The van der Waals surface area contributed by atoms with Crippen LogP contribution in [0.3, 0.4) is 0 Å². The lowest BCUT2D eigenvalue weighted by Crippen LogP contribution is -2.05. The van der Waals surface area contributed by atoms with Gasteiger partial charge in [-0.3, -0.25) is 0 Å². The fourth-order valence-electron chi connectivity index (χ4n) is 1.63. The molecule has 2 aromatic rings. The van der Waals surface area contributed by atoms with Crippen LogP contribution in [0.4, 0.5) is 0 Å². The summed E-state index contributed by atoms with van der Waals surface area (Å²) in [5.74, 6) is 3.17. The van der Waals surface area contributed by atoms with Crippen molar-refractivity contribution in [1.82, 2.24) is 5.43 Å².